The summed E-state index contributed by atoms with van der Waals surface area (Å²) >= 11 is 0. The van der Waals surface area contributed by atoms with Crippen molar-refractivity contribution in [3.63, 3.8) is 0 Å². The molecule has 0 unspecified atom stereocenters. The van der Waals surface area contributed by atoms with E-state index < -0.39 is 30.5 Å². The average molecular weight is 249 g/mol. The van der Waals surface area contributed by atoms with Gasteiger partial charge in [-0.15, -0.1) is 0 Å². The molecule has 0 radical (unpaired) electrons. The third-order valence-corrected chi connectivity index (χ3v) is 2.37. The minimum Gasteiger partial charge on any atom is -0.394 e. The van der Waals surface area contributed by atoms with Gasteiger partial charge in [0.25, 0.3) is 0 Å². The van der Waals surface area contributed by atoms with Crippen LogP contribution in [0.15, 0.2) is 24.3 Å². The summed E-state index contributed by atoms with van der Waals surface area (Å²) in [6, 6.07) is 4.93. The van der Waals surface area contributed by atoms with Gasteiger partial charge in [0.05, 0.1) is 24.3 Å². The quantitative estimate of drug-likeness (QED) is 0.763. The highest BCUT2D eigenvalue weighted by molar-refractivity contribution is 5.54. The Balaban J connectivity index is 3.07. The van der Waals surface area contributed by atoms with E-state index in [4.69, 9.17) is 10.2 Å². The first-order valence-electron chi connectivity index (χ1n) is 4.98. The van der Waals surface area contributed by atoms with Crippen LogP contribution in [0.2, 0.25) is 0 Å². The van der Waals surface area contributed by atoms with Crippen LogP contribution in [0, 0.1) is 0 Å². The minimum atomic E-state index is -4.48. The van der Waals surface area contributed by atoms with E-state index in [1.165, 1.54) is 25.1 Å². The molecule has 0 aliphatic heterocycles. The van der Waals surface area contributed by atoms with Crippen molar-refractivity contribution in [2.45, 2.75) is 18.6 Å². The topological polar surface area (TPSA) is 52.5 Å². The zero-order valence-corrected chi connectivity index (χ0v) is 9.25. The minimum absolute atomic E-state index is 0.161. The molecule has 0 atom stereocenters. The Morgan fingerprint density at radius 1 is 1.12 bits per heavy atom. The van der Waals surface area contributed by atoms with Crippen molar-refractivity contribution in [2.24, 2.45) is 0 Å². The molecule has 3 nitrogen and oxygen atoms in total. The number of hydrogen-bond donors (Lipinski definition) is 3. The van der Waals surface area contributed by atoms with Crippen molar-refractivity contribution >= 4 is 5.69 Å². The molecule has 3 N–H and O–H groups in total. The van der Waals surface area contributed by atoms with Gasteiger partial charge < -0.3 is 15.5 Å². The summed E-state index contributed by atoms with van der Waals surface area (Å²) < 4.78 is 38.0. The lowest BCUT2D eigenvalue weighted by molar-refractivity contribution is -0.137. The largest absolute Gasteiger partial charge is 0.418 e. The van der Waals surface area contributed by atoms with Crippen LogP contribution in [0.1, 0.15) is 12.5 Å². The Bertz CT molecular complexity index is 375. The van der Waals surface area contributed by atoms with E-state index in [9.17, 15) is 13.2 Å². The molecule has 0 aliphatic carbocycles. The number of benzene rings is 1. The molecule has 0 saturated carbocycles. The molecule has 1 aromatic carbocycles. The summed E-state index contributed by atoms with van der Waals surface area (Å²) in [5.41, 5.74) is -2.18. The van der Waals surface area contributed by atoms with Crippen LogP contribution in [0.3, 0.4) is 0 Å². The maximum atomic E-state index is 12.7. The van der Waals surface area contributed by atoms with Crippen molar-refractivity contribution in [3.05, 3.63) is 29.8 Å². The Morgan fingerprint density at radius 2 is 1.65 bits per heavy atom. The first-order chi connectivity index (χ1) is 7.82. The molecule has 1 aromatic rings. The number of para-hydroxylation sites is 1. The predicted molar refractivity (Wildman–Crippen MR) is 57.6 cm³/mol. The van der Waals surface area contributed by atoms with E-state index in [0.29, 0.717) is 0 Å². The Kier molecular flexibility index (Phi) is 4.00. The van der Waals surface area contributed by atoms with Gasteiger partial charge in [0.2, 0.25) is 0 Å². The van der Waals surface area contributed by atoms with E-state index in [-0.39, 0.29) is 5.69 Å². The van der Waals surface area contributed by atoms with Crippen molar-refractivity contribution in [1.29, 1.82) is 0 Å². The van der Waals surface area contributed by atoms with Gasteiger partial charge in [-0.05, 0) is 19.1 Å². The van der Waals surface area contributed by atoms with Crippen LogP contribution >= 0.6 is 0 Å². The molecule has 0 aromatic heterocycles. The molecular weight excluding hydrogens is 235 g/mol. The predicted octanol–water partition coefficient (Wildman–Crippen LogP) is 1.86. The van der Waals surface area contributed by atoms with E-state index in [2.05, 4.69) is 5.32 Å². The van der Waals surface area contributed by atoms with Gasteiger partial charge in [-0.25, -0.2) is 0 Å². The monoisotopic (exact) mass is 249 g/mol. The number of alkyl halides is 3. The first-order valence-corrected chi connectivity index (χ1v) is 4.98. The molecule has 1 rings (SSSR count). The Morgan fingerprint density at radius 3 is 2.12 bits per heavy atom. The molecule has 0 saturated heterocycles. The molecule has 0 fully saturated rings. The molecule has 6 heteroatoms. The van der Waals surface area contributed by atoms with Crippen LogP contribution in [0.5, 0.6) is 0 Å². The number of aliphatic hydroxyl groups excluding tert-OH is 2. The second-order valence-electron chi connectivity index (χ2n) is 4.05. The molecule has 17 heavy (non-hydrogen) atoms. The average Bonchev–Trinajstić information content (AvgIpc) is 2.28. The lowest BCUT2D eigenvalue weighted by Crippen LogP contribution is -2.43. The van der Waals surface area contributed by atoms with Crippen LogP contribution in [-0.4, -0.2) is 29.0 Å². The van der Waals surface area contributed by atoms with E-state index >= 15 is 0 Å². The van der Waals surface area contributed by atoms with E-state index in [1.807, 2.05) is 0 Å². The fourth-order valence-corrected chi connectivity index (χ4v) is 1.29. The number of halogens is 3. The van der Waals surface area contributed by atoms with Crippen molar-refractivity contribution < 1.29 is 23.4 Å². The van der Waals surface area contributed by atoms with Crippen LogP contribution in [0.4, 0.5) is 18.9 Å². The second kappa shape index (κ2) is 4.93. The molecule has 0 heterocycles. The highest BCUT2D eigenvalue weighted by Crippen LogP contribution is 2.35. The zero-order valence-electron chi connectivity index (χ0n) is 9.25. The highest BCUT2D eigenvalue weighted by atomic mass is 19.4. The molecule has 0 amide bonds. The third kappa shape index (κ3) is 3.34. The normalized spacial score (nSPS) is 12.6. The Hall–Kier alpha value is -1.27. The number of aliphatic hydroxyl groups is 2. The van der Waals surface area contributed by atoms with Crippen molar-refractivity contribution in [1.82, 2.24) is 0 Å². The highest BCUT2D eigenvalue weighted by Gasteiger charge is 2.35. The maximum absolute atomic E-state index is 12.7. The number of nitrogens with one attached hydrogen (secondary N) is 1. The fourth-order valence-electron chi connectivity index (χ4n) is 1.29. The van der Waals surface area contributed by atoms with Gasteiger partial charge in [0.15, 0.2) is 0 Å². The zero-order chi connectivity index (χ0) is 13.1. The maximum Gasteiger partial charge on any atom is 0.418 e. The smallest absolute Gasteiger partial charge is 0.394 e. The summed E-state index contributed by atoms with van der Waals surface area (Å²) in [7, 11) is 0. The number of anilines is 1. The fraction of sp³-hybridized carbons (Fsp3) is 0.455. The second-order valence-corrected chi connectivity index (χ2v) is 4.05. The van der Waals surface area contributed by atoms with Gasteiger partial charge in [-0.3, -0.25) is 0 Å². The first kappa shape index (κ1) is 13.8. The van der Waals surface area contributed by atoms with Crippen LogP contribution < -0.4 is 5.32 Å². The van der Waals surface area contributed by atoms with Crippen LogP contribution in [0.25, 0.3) is 0 Å². The molecule has 0 bridgehead atoms. The summed E-state index contributed by atoms with van der Waals surface area (Å²) in [4.78, 5) is 0. The van der Waals surface area contributed by atoms with Crippen LogP contribution in [-0.2, 0) is 6.18 Å². The van der Waals surface area contributed by atoms with Crippen molar-refractivity contribution in [2.75, 3.05) is 18.5 Å². The summed E-state index contributed by atoms with van der Waals surface area (Å²) in [5.74, 6) is 0. The standard InChI is InChI=1S/C11H14F3NO2/c1-10(6-16,7-17)15-9-5-3-2-4-8(9)11(12,13)14/h2-5,15-17H,6-7H2,1H3. The summed E-state index contributed by atoms with van der Waals surface area (Å²) in [6.45, 7) is 0.478. The van der Waals surface area contributed by atoms with E-state index in [1.54, 1.807) is 0 Å². The SMILES string of the molecule is CC(CO)(CO)Nc1ccccc1C(F)(F)F. The summed E-state index contributed by atoms with van der Waals surface area (Å²) in [5, 5.41) is 20.6. The Labute approximate surface area is 96.9 Å². The molecular formula is C11H14F3NO2. The lowest BCUT2D eigenvalue weighted by Gasteiger charge is -2.29. The molecule has 0 aliphatic rings. The van der Waals surface area contributed by atoms with Gasteiger partial charge in [0, 0.05) is 5.69 Å². The lowest BCUT2D eigenvalue weighted by atomic mass is 10.0. The molecule has 0 spiro atoms. The van der Waals surface area contributed by atoms with E-state index in [0.717, 1.165) is 6.07 Å². The van der Waals surface area contributed by atoms with Gasteiger partial charge in [-0.1, -0.05) is 12.1 Å². The molecule has 96 valence electrons. The van der Waals surface area contributed by atoms with Gasteiger partial charge >= 0.3 is 6.18 Å². The van der Waals surface area contributed by atoms with Crippen molar-refractivity contribution in [3.8, 4) is 0 Å². The summed E-state index contributed by atoms with van der Waals surface area (Å²) in [6.07, 6.45) is -4.48. The van der Waals surface area contributed by atoms with Gasteiger partial charge in [0.1, 0.15) is 0 Å². The number of rotatable bonds is 4. The number of hydrogen-bond acceptors (Lipinski definition) is 3. The third-order valence-electron chi connectivity index (χ3n) is 2.37. The van der Waals surface area contributed by atoms with Gasteiger partial charge in [-0.2, -0.15) is 13.2 Å².